The summed E-state index contributed by atoms with van der Waals surface area (Å²) >= 11 is 0. The second kappa shape index (κ2) is 10.7. The van der Waals surface area contributed by atoms with Gasteiger partial charge in [-0.1, -0.05) is 89.9 Å². The molecule has 0 saturated heterocycles. The molecule has 0 aliphatic heterocycles. The summed E-state index contributed by atoms with van der Waals surface area (Å²) in [5.41, 5.74) is 0. The Balaban J connectivity index is 1.89. The van der Waals surface area contributed by atoms with E-state index in [4.69, 9.17) is 10.0 Å². The molecule has 2 aliphatic rings. The number of rotatable bonds is 7. The Morgan fingerprint density at radius 3 is 1.55 bits per heavy atom. The van der Waals surface area contributed by atoms with Gasteiger partial charge in [0.05, 0.1) is 0 Å². The van der Waals surface area contributed by atoms with Gasteiger partial charge in [0, 0.05) is 0 Å². The third-order valence-corrected chi connectivity index (χ3v) is 6.26. The Kier molecular flexibility index (Phi) is 8.91. The molecular weight excluding hydrogens is 271 g/mol. The highest BCUT2D eigenvalue weighted by Crippen LogP contribution is 2.41. The molecule has 2 fully saturated rings. The van der Waals surface area contributed by atoms with Crippen LogP contribution in [0.2, 0.25) is 6.32 Å². The van der Waals surface area contributed by atoms with Gasteiger partial charge in [0.25, 0.3) is 0 Å². The van der Waals surface area contributed by atoms with Gasteiger partial charge in [0.2, 0.25) is 0 Å². The molecule has 2 N–H and O–H groups in total. The van der Waals surface area contributed by atoms with E-state index in [1.54, 1.807) is 0 Å². The highest BCUT2D eigenvalue weighted by molar-refractivity contribution is 6.40. The summed E-state index contributed by atoms with van der Waals surface area (Å²) in [6, 6.07) is 0. The van der Waals surface area contributed by atoms with E-state index in [1.165, 1.54) is 89.9 Å². The monoisotopic (exact) mass is 308 g/mol. The first-order valence-corrected chi connectivity index (χ1v) is 10.1. The quantitative estimate of drug-likeness (QED) is 0.386. The molecule has 2 aliphatic carbocycles. The fourth-order valence-corrected chi connectivity index (χ4v) is 5.04. The number of hydrogen-bond acceptors (Lipinski definition) is 2. The summed E-state index contributed by atoms with van der Waals surface area (Å²) in [4.78, 5) is 0. The summed E-state index contributed by atoms with van der Waals surface area (Å²) in [6.07, 6.45) is 21.5. The van der Waals surface area contributed by atoms with Crippen molar-refractivity contribution in [2.45, 2.75) is 103 Å². The normalized spacial score (nSPS) is 22.5. The van der Waals surface area contributed by atoms with E-state index in [-0.39, 0.29) is 0 Å². The Morgan fingerprint density at radius 2 is 1.14 bits per heavy atom. The van der Waals surface area contributed by atoms with Crippen LogP contribution in [0.3, 0.4) is 0 Å². The lowest BCUT2D eigenvalue weighted by atomic mass is 9.71. The first-order chi connectivity index (χ1) is 10.8. The third-order valence-electron chi connectivity index (χ3n) is 6.26. The first-order valence-electron chi connectivity index (χ1n) is 10.1. The maximum absolute atomic E-state index is 9.04. The number of unbranched alkanes of at least 4 members (excludes halogenated alkanes) is 1. The van der Waals surface area contributed by atoms with Crippen LogP contribution in [0, 0.1) is 17.8 Å². The van der Waals surface area contributed by atoms with Crippen LogP contribution in [0.5, 0.6) is 0 Å². The van der Waals surface area contributed by atoms with Crippen LogP contribution in [0.4, 0.5) is 0 Å². The van der Waals surface area contributed by atoms with Crippen molar-refractivity contribution in [2.75, 3.05) is 0 Å². The van der Waals surface area contributed by atoms with Crippen molar-refractivity contribution in [3.8, 4) is 0 Å². The van der Waals surface area contributed by atoms with Crippen molar-refractivity contribution in [3.05, 3.63) is 0 Å². The van der Waals surface area contributed by atoms with E-state index in [0.717, 1.165) is 24.2 Å². The lowest BCUT2D eigenvalue weighted by Gasteiger charge is -2.33. The molecule has 0 heterocycles. The van der Waals surface area contributed by atoms with E-state index >= 15 is 0 Å². The molecule has 2 rings (SSSR count). The molecule has 0 aromatic rings. The van der Waals surface area contributed by atoms with Crippen LogP contribution in [-0.2, 0) is 0 Å². The zero-order valence-corrected chi connectivity index (χ0v) is 14.5. The molecule has 0 unspecified atom stereocenters. The Bertz CT molecular complexity index is 247. The zero-order chi connectivity index (χ0) is 15.6. The molecule has 0 aromatic carbocycles. The van der Waals surface area contributed by atoms with Gasteiger partial charge in [-0.2, -0.15) is 0 Å². The minimum Gasteiger partial charge on any atom is -0.427 e. The molecule has 22 heavy (non-hydrogen) atoms. The van der Waals surface area contributed by atoms with Crippen LogP contribution in [0.25, 0.3) is 0 Å². The molecule has 0 atom stereocenters. The summed E-state index contributed by atoms with van der Waals surface area (Å²) in [7, 11) is -1.10. The topological polar surface area (TPSA) is 40.5 Å². The van der Waals surface area contributed by atoms with Gasteiger partial charge in [-0.15, -0.1) is 0 Å². The van der Waals surface area contributed by atoms with Gasteiger partial charge in [0.15, 0.2) is 0 Å². The molecule has 0 amide bonds. The summed E-state index contributed by atoms with van der Waals surface area (Å²) < 4.78 is 0. The lowest BCUT2D eigenvalue weighted by molar-refractivity contribution is 0.171. The molecule has 0 aromatic heterocycles. The predicted octanol–water partition coefficient (Wildman–Crippen LogP) is 5.19. The predicted molar refractivity (Wildman–Crippen MR) is 94.7 cm³/mol. The van der Waals surface area contributed by atoms with Crippen molar-refractivity contribution in [3.63, 3.8) is 0 Å². The Morgan fingerprint density at radius 1 is 0.682 bits per heavy atom. The second-order valence-electron chi connectivity index (χ2n) is 7.93. The maximum Gasteiger partial charge on any atom is 0.451 e. The van der Waals surface area contributed by atoms with E-state index in [1.807, 2.05) is 0 Å². The highest BCUT2D eigenvalue weighted by atomic mass is 16.4. The zero-order valence-electron chi connectivity index (χ0n) is 14.5. The van der Waals surface area contributed by atoms with Gasteiger partial charge in [-0.05, 0) is 30.5 Å². The Labute approximate surface area is 138 Å². The largest absolute Gasteiger partial charge is 0.451 e. The van der Waals surface area contributed by atoms with Crippen LogP contribution in [-0.4, -0.2) is 17.2 Å². The van der Waals surface area contributed by atoms with Gasteiger partial charge < -0.3 is 10.0 Å². The van der Waals surface area contributed by atoms with Gasteiger partial charge in [-0.3, -0.25) is 0 Å². The van der Waals surface area contributed by atoms with Crippen molar-refractivity contribution in [1.82, 2.24) is 0 Å². The maximum atomic E-state index is 9.04. The molecular formula is C19H37BO2. The summed E-state index contributed by atoms with van der Waals surface area (Å²) in [5.74, 6) is 2.85. The van der Waals surface area contributed by atoms with E-state index in [9.17, 15) is 0 Å². The standard InChI is InChI=1S/C19H37BO2/c21-20(22)16-10-9-15-19(17-11-5-1-2-6-12-17)18-13-7-3-4-8-14-18/h17-19,21-22H,1-16H2. The molecule has 0 bridgehead atoms. The minimum absolute atomic E-state index is 0.558. The van der Waals surface area contributed by atoms with Gasteiger partial charge in [-0.25, -0.2) is 0 Å². The minimum atomic E-state index is -1.10. The van der Waals surface area contributed by atoms with E-state index in [2.05, 4.69) is 0 Å². The molecule has 0 spiro atoms. The van der Waals surface area contributed by atoms with Crippen molar-refractivity contribution in [1.29, 1.82) is 0 Å². The van der Waals surface area contributed by atoms with Crippen molar-refractivity contribution >= 4 is 7.12 Å². The van der Waals surface area contributed by atoms with E-state index < -0.39 is 7.12 Å². The molecule has 0 radical (unpaired) electrons. The summed E-state index contributed by atoms with van der Waals surface area (Å²) in [6.45, 7) is 0. The molecule has 2 nitrogen and oxygen atoms in total. The van der Waals surface area contributed by atoms with Crippen molar-refractivity contribution in [2.24, 2.45) is 17.8 Å². The average Bonchev–Trinajstić information content (AvgIpc) is 2.91. The fraction of sp³-hybridized carbons (Fsp3) is 1.00. The molecule has 3 heteroatoms. The average molecular weight is 308 g/mol. The van der Waals surface area contributed by atoms with Gasteiger partial charge >= 0.3 is 7.12 Å². The smallest absolute Gasteiger partial charge is 0.427 e. The van der Waals surface area contributed by atoms with Crippen molar-refractivity contribution < 1.29 is 10.0 Å². The SMILES string of the molecule is OB(O)CCCCC(C1CCCCCC1)C1CCCCCC1. The lowest BCUT2D eigenvalue weighted by Crippen LogP contribution is -2.24. The first kappa shape index (κ1) is 18.3. The Hall–Kier alpha value is -0.0151. The van der Waals surface area contributed by atoms with Crippen LogP contribution < -0.4 is 0 Å². The summed E-state index contributed by atoms with van der Waals surface area (Å²) in [5, 5.41) is 18.1. The second-order valence-corrected chi connectivity index (χ2v) is 7.93. The van der Waals surface area contributed by atoms with Crippen LogP contribution >= 0.6 is 0 Å². The highest BCUT2D eigenvalue weighted by Gasteiger charge is 2.29. The van der Waals surface area contributed by atoms with Gasteiger partial charge in [0.1, 0.15) is 0 Å². The van der Waals surface area contributed by atoms with Crippen LogP contribution in [0.1, 0.15) is 96.3 Å². The molecule has 2 saturated carbocycles. The third kappa shape index (κ3) is 6.62. The van der Waals surface area contributed by atoms with E-state index in [0.29, 0.717) is 6.32 Å². The molecule has 128 valence electrons. The number of hydrogen-bond donors (Lipinski definition) is 2. The van der Waals surface area contributed by atoms with Crippen LogP contribution in [0.15, 0.2) is 0 Å². The fourth-order valence-electron chi connectivity index (χ4n) is 5.04.